The Labute approximate surface area is 130 Å². The molecule has 1 saturated carbocycles. The van der Waals surface area contributed by atoms with Crippen molar-refractivity contribution in [2.75, 3.05) is 13.1 Å². The first-order valence-electron chi connectivity index (χ1n) is 8.30. The lowest BCUT2D eigenvalue weighted by Gasteiger charge is -2.25. The molecule has 2 aliphatic rings. The van der Waals surface area contributed by atoms with E-state index in [2.05, 4.69) is 10.4 Å². The van der Waals surface area contributed by atoms with Gasteiger partial charge in [-0.25, -0.2) is 0 Å². The Morgan fingerprint density at radius 3 is 2.82 bits per heavy atom. The van der Waals surface area contributed by atoms with Gasteiger partial charge < -0.3 is 10.2 Å². The van der Waals surface area contributed by atoms with Crippen molar-refractivity contribution in [3.05, 3.63) is 18.0 Å². The van der Waals surface area contributed by atoms with Gasteiger partial charge in [-0.2, -0.15) is 5.10 Å². The summed E-state index contributed by atoms with van der Waals surface area (Å²) in [4.78, 5) is 26.2. The number of aromatic nitrogens is 2. The van der Waals surface area contributed by atoms with E-state index in [1.807, 2.05) is 10.9 Å². The highest BCUT2D eigenvalue weighted by molar-refractivity contribution is 5.96. The van der Waals surface area contributed by atoms with E-state index >= 15 is 0 Å². The molecule has 22 heavy (non-hydrogen) atoms. The summed E-state index contributed by atoms with van der Waals surface area (Å²) in [7, 11) is 0. The van der Waals surface area contributed by atoms with E-state index in [4.69, 9.17) is 0 Å². The zero-order chi connectivity index (χ0) is 15.5. The van der Waals surface area contributed by atoms with Crippen LogP contribution in [-0.2, 0) is 4.79 Å². The van der Waals surface area contributed by atoms with Gasteiger partial charge in [0.25, 0.3) is 5.91 Å². The molecule has 1 atom stereocenters. The Hall–Kier alpha value is -1.85. The average molecular weight is 304 g/mol. The molecule has 0 bridgehead atoms. The van der Waals surface area contributed by atoms with Gasteiger partial charge in [-0.1, -0.05) is 19.3 Å². The third kappa shape index (κ3) is 3.00. The average Bonchev–Trinajstić information content (AvgIpc) is 2.98. The molecule has 0 radical (unpaired) electrons. The van der Waals surface area contributed by atoms with Crippen LogP contribution in [0.3, 0.4) is 0 Å². The summed E-state index contributed by atoms with van der Waals surface area (Å²) in [5.41, 5.74) is 0.451. The molecule has 2 fully saturated rings. The van der Waals surface area contributed by atoms with Crippen molar-refractivity contribution in [2.24, 2.45) is 0 Å². The molecule has 1 saturated heterocycles. The van der Waals surface area contributed by atoms with Gasteiger partial charge in [0.2, 0.25) is 5.91 Å². The van der Waals surface area contributed by atoms with Crippen LogP contribution < -0.4 is 5.32 Å². The van der Waals surface area contributed by atoms with Crippen LogP contribution in [0.5, 0.6) is 0 Å². The molecule has 1 aromatic rings. The second-order valence-electron chi connectivity index (χ2n) is 6.29. The highest BCUT2D eigenvalue weighted by Crippen LogP contribution is 2.27. The van der Waals surface area contributed by atoms with Crippen LogP contribution >= 0.6 is 0 Å². The van der Waals surface area contributed by atoms with Crippen molar-refractivity contribution >= 4 is 11.8 Å². The number of amides is 2. The third-order valence-electron chi connectivity index (χ3n) is 4.76. The molecule has 6 nitrogen and oxygen atoms in total. The number of carbonyl (C=O) groups is 2. The van der Waals surface area contributed by atoms with E-state index in [-0.39, 0.29) is 11.8 Å². The van der Waals surface area contributed by atoms with Crippen LogP contribution in [0, 0.1) is 0 Å². The SMILES string of the molecule is C[C@H]1C(=O)NCCCN1C(=O)c1ccn(C2CCCCC2)n1. The monoisotopic (exact) mass is 304 g/mol. The van der Waals surface area contributed by atoms with Crippen molar-refractivity contribution < 1.29 is 9.59 Å². The topological polar surface area (TPSA) is 67.2 Å². The molecule has 6 heteroatoms. The maximum absolute atomic E-state index is 12.7. The molecule has 2 amide bonds. The van der Waals surface area contributed by atoms with Crippen molar-refractivity contribution in [1.82, 2.24) is 20.0 Å². The quantitative estimate of drug-likeness (QED) is 0.905. The molecular formula is C16H24N4O2. The molecule has 1 aliphatic carbocycles. The Morgan fingerprint density at radius 2 is 2.05 bits per heavy atom. The first-order valence-corrected chi connectivity index (χ1v) is 8.30. The molecule has 0 aromatic carbocycles. The van der Waals surface area contributed by atoms with Gasteiger partial charge in [-0.15, -0.1) is 0 Å². The third-order valence-corrected chi connectivity index (χ3v) is 4.76. The summed E-state index contributed by atoms with van der Waals surface area (Å²) < 4.78 is 1.94. The lowest BCUT2D eigenvalue weighted by atomic mass is 9.96. The molecule has 1 aliphatic heterocycles. The molecule has 120 valence electrons. The van der Waals surface area contributed by atoms with Crippen molar-refractivity contribution in [1.29, 1.82) is 0 Å². The second kappa shape index (κ2) is 6.50. The lowest BCUT2D eigenvalue weighted by molar-refractivity contribution is -0.124. The van der Waals surface area contributed by atoms with Crippen molar-refractivity contribution in [3.63, 3.8) is 0 Å². The maximum Gasteiger partial charge on any atom is 0.275 e. The number of hydrogen-bond donors (Lipinski definition) is 1. The van der Waals surface area contributed by atoms with Crippen LogP contribution in [0.2, 0.25) is 0 Å². The highest BCUT2D eigenvalue weighted by atomic mass is 16.2. The van der Waals surface area contributed by atoms with Crippen LogP contribution in [-0.4, -0.2) is 45.6 Å². The van der Waals surface area contributed by atoms with E-state index in [9.17, 15) is 9.59 Å². The normalized spacial score (nSPS) is 24.0. The number of nitrogens with one attached hydrogen (secondary N) is 1. The first-order chi connectivity index (χ1) is 10.7. The van der Waals surface area contributed by atoms with Crippen LogP contribution in [0.1, 0.15) is 62.0 Å². The van der Waals surface area contributed by atoms with E-state index in [0.29, 0.717) is 24.8 Å². The fourth-order valence-corrected chi connectivity index (χ4v) is 3.37. The Kier molecular flexibility index (Phi) is 4.45. The van der Waals surface area contributed by atoms with Crippen molar-refractivity contribution in [2.45, 2.75) is 57.5 Å². The Bertz CT molecular complexity index is 548. The lowest BCUT2D eigenvalue weighted by Crippen LogP contribution is -2.45. The number of nitrogens with zero attached hydrogens (tertiary/aromatic N) is 3. The van der Waals surface area contributed by atoms with Gasteiger partial charge in [0.15, 0.2) is 0 Å². The minimum absolute atomic E-state index is 0.0856. The standard InChI is InChI=1S/C16H24N4O2/c1-12-15(21)17-9-5-10-19(12)16(22)14-8-11-20(18-14)13-6-3-2-4-7-13/h8,11-13H,2-7,9-10H2,1H3,(H,17,21)/t12-/m0/s1. The predicted octanol–water partition coefficient (Wildman–Crippen LogP) is 1.74. The van der Waals surface area contributed by atoms with E-state index < -0.39 is 6.04 Å². The molecule has 1 aromatic heterocycles. The van der Waals surface area contributed by atoms with Crippen molar-refractivity contribution in [3.8, 4) is 0 Å². The van der Waals surface area contributed by atoms with Crippen LogP contribution in [0.4, 0.5) is 0 Å². The largest absolute Gasteiger partial charge is 0.354 e. The molecule has 0 spiro atoms. The minimum atomic E-state index is -0.435. The molecule has 2 heterocycles. The van der Waals surface area contributed by atoms with Gasteiger partial charge in [-0.05, 0) is 32.3 Å². The predicted molar refractivity (Wildman–Crippen MR) is 82.5 cm³/mol. The fourth-order valence-electron chi connectivity index (χ4n) is 3.37. The first kappa shape index (κ1) is 15.1. The maximum atomic E-state index is 12.7. The summed E-state index contributed by atoms with van der Waals surface area (Å²) in [6, 6.07) is 1.77. The van der Waals surface area contributed by atoms with E-state index in [1.165, 1.54) is 19.3 Å². The van der Waals surface area contributed by atoms with Gasteiger partial charge in [0.05, 0.1) is 6.04 Å². The summed E-state index contributed by atoms with van der Waals surface area (Å²) in [5, 5.41) is 7.32. The minimum Gasteiger partial charge on any atom is -0.354 e. The summed E-state index contributed by atoms with van der Waals surface area (Å²) in [6.07, 6.45) is 8.73. The number of rotatable bonds is 2. The molecule has 0 unspecified atom stereocenters. The number of hydrogen-bond acceptors (Lipinski definition) is 3. The zero-order valence-electron chi connectivity index (χ0n) is 13.1. The van der Waals surface area contributed by atoms with Gasteiger partial charge in [0.1, 0.15) is 11.7 Å². The van der Waals surface area contributed by atoms with Crippen LogP contribution in [0.25, 0.3) is 0 Å². The Morgan fingerprint density at radius 1 is 1.27 bits per heavy atom. The van der Waals surface area contributed by atoms with Gasteiger partial charge >= 0.3 is 0 Å². The smallest absolute Gasteiger partial charge is 0.275 e. The van der Waals surface area contributed by atoms with E-state index in [1.54, 1.807) is 17.9 Å². The highest BCUT2D eigenvalue weighted by Gasteiger charge is 2.30. The molecular weight excluding hydrogens is 280 g/mol. The summed E-state index contributed by atoms with van der Waals surface area (Å²) in [5.74, 6) is -0.225. The molecule has 1 N–H and O–H groups in total. The molecule has 3 rings (SSSR count). The van der Waals surface area contributed by atoms with E-state index in [0.717, 1.165) is 19.3 Å². The van der Waals surface area contributed by atoms with Crippen LogP contribution in [0.15, 0.2) is 12.3 Å². The van der Waals surface area contributed by atoms with Gasteiger partial charge in [0, 0.05) is 19.3 Å². The second-order valence-corrected chi connectivity index (χ2v) is 6.29. The number of carbonyl (C=O) groups excluding carboxylic acids is 2. The zero-order valence-corrected chi connectivity index (χ0v) is 13.1. The fraction of sp³-hybridized carbons (Fsp3) is 0.688. The summed E-state index contributed by atoms with van der Waals surface area (Å²) in [6.45, 7) is 3.00. The Balaban J connectivity index is 1.74. The summed E-state index contributed by atoms with van der Waals surface area (Å²) >= 11 is 0. The van der Waals surface area contributed by atoms with Gasteiger partial charge in [-0.3, -0.25) is 14.3 Å².